The highest BCUT2D eigenvalue weighted by atomic mass is 35.5. The Labute approximate surface area is 197 Å². The van der Waals surface area contributed by atoms with Crippen LogP contribution < -0.4 is 10.3 Å². The lowest BCUT2D eigenvalue weighted by Crippen LogP contribution is -2.26. The molecular weight excluding hydrogens is 449 g/mol. The molecule has 0 atom stereocenters. The second-order valence-corrected chi connectivity index (χ2v) is 8.51. The third kappa shape index (κ3) is 5.72. The maximum absolute atomic E-state index is 12.8. The number of halogens is 2. The van der Waals surface area contributed by atoms with Crippen LogP contribution in [0.3, 0.4) is 0 Å². The second-order valence-electron chi connectivity index (χ2n) is 7.70. The van der Waals surface area contributed by atoms with Gasteiger partial charge in [0.2, 0.25) is 0 Å². The fraction of sp³-hybridized carbons (Fsp3) is 0.280. The number of ether oxygens (including phenoxy) is 2. The Morgan fingerprint density at radius 1 is 1.03 bits per heavy atom. The van der Waals surface area contributed by atoms with Crippen LogP contribution in [0.1, 0.15) is 46.9 Å². The van der Waals surface area contributed by atoms with E-state index in [-0.39, 0.29) is 17.2 Å². The number of carbonyl (C=O) groups excluding carboxylic acids is 1. The van der Waals surface area contributed by atoms with E-state index in [0.29, 0.717) is 40.9 Å². The van der Waals surface area contributed by atoms with Crippen molar-refractivity contribution in [1.82, 2.24) is 4.57 Å². The van der Waals surface area contributed by atoms with Crippen LogP contribution in [0.4, 0.5) is 0 Å². The SMILES string of the molecule is COC(=O)c1ccc(CCn2c(COc3cccc(C(C)C)c3)c(Cl)cc(Cl)c2=O)cc1. The molecule has 0 spiro atoms. The number of hydrogen-bond acceptors (Lipinski definition) is 4. The number of methoxy groups -OCH3 is 1. The van der Waals surface area contributed by atoms with Crippen LogP contribution in [0.15, 0.2) is 59.4 Å². The molecule has 1 heterocycles. The molecular formula is C25H25Cl2NO4. The molecule has 0 bridgehead atoms. The number of aryl methyl sites for hydroxylation is 1. The molecule has 0 saturated heterocycles. The largest absolute Gasteiger partial charge is 0.487 e. The minimum absolute atomic E-state index is 0.0570. The van der Waals surface area contributed by atoms with E-state index in [0.717, 1.165) is 11.1 Å². The van der Waals surface area contributed by atoms with Gasteiger partial charge in [-0.3, -0.25) is 4.79 Å². The molecule has 3 aromatic rings. The molecule has 0 saturated carbocycles. The zero-order chi connectivity index (χ0) is 23.3. The highest BCUT2D eigenvalue weighted by Crippen LogP contribution is 2.24. The summed E-state index contributed by atoms with van der Waals surface area (Å²) in [5, 5.41) is 0.428. The van der Waals surface area contributed by atoms with Crippen LogP contribution in [-0.2, 0) is 24.3 Å². The standard InChI is InChI=1S/C25H25Cl2NO4/c1-16(2)19-5-4-6-20(13-19)32-15-23-21(26)14-22(27)24(29)28(23)12-11-17-7-9-18(10-8-17)25(30)31-3/h4-10,13-14,16H,11-12,15H2,1-3H3. The highest BCUT2D eigenvalue weighted by molar-refractivity contribution is 6.34. The topological polar surface area (TPSA) is 57.5 Å². The van der Waals surface area contributed by atoms with Crippen LogP contribution in [0.25, 0.3) is 0 Å². The molecule has 5 nitrogen and oxygen atoms in total. The maximum Gasteiger partial charge on any atom is 0.337 e. The minimum Gasteiger partial charge on any atom is -0.487 e. The maximum atomic E-state index is 12.8. The molecule has 0 radical (unpaired) electrons. The van der Waals surface area contributed by atoms with Crippen LogP contribution in [-0.4, -0.2) is 17.6 Å². The van der Waals surface area contributed by atoms with Gasteiger partial charge >= 0.3 is 5.97 Å². The van der Waals surface area contributed by atoms with Crippen molar-refractivity contribution in [3.63, 3.8) is 0 Å². The first-order chi connectivity index (χ1) is 15.3. The van der Waals surface area contributed by atoms with Crippen molar-refractivity contribution in [2.24, 2.45) is 0 Å². The minimum atomic E-state index is -0.393. The van der Waals surface area contributed by atoms with E-state index < -0.39 is 5.97 Å². The average molecular weight is 474 g/mol. The van der Waals surface area contributed by atoms with Gasteiger partial charge in [0, 0.05) is 6.54 Å². The summed E-state index contributed by atoms with van der Waals surface area (Å²) in [6.45, 7) is 4.73. The van der Waals surface area contributed by atoms with Gasteiger partial charge in [-0.2, -0.15) is 0 Å². The van der Waals surface area contributed by atoms with E-state index in [2.05, 4.69) is 13.8 Å². The summed E-state index contributed by atoms with van der Waals surface area (Å²) in [6.07, 6.45) is 0.549. The van der Waals surface area contributed by atoms with Crippen LogP contribution in [0.2, 0.25) is 10.0 Å². The number of aromatic nitrogens is 1. The lowest BCUT2D eigenvalue weighted by atomic mass is 10.0. The average Bonchev–Trinajstić information content (AvgIpc) is 2.79. The Morgan fingerprint density at radius 2 is 1.75 bits per heavy atom. The summed E-state index contributed by atoms with van der Waals surface area (Å²) >= 11 is 12.5. The molecule has 3 rings (SSSR count). The van der Waals surface area contributed by atoms with Crippen molar-refractivity contribution in [3.8, 4) is 5.75 Å². The van der Waals surface area contributed by atoms with Gasteiger partial charge in [-0.15, -0.1) is 0 Å². The molecule has 0 aliphatic rings. The normalized spacial score (nSPS) is 10.9. The Kier molecular flexibility index (Phi) is 7.99. The summed E-state index contributed by atoms with van der Waals surface area (Å²) in [5.74, 6) is 0.691. The third-order valence-corrected chi connectivity index (χ3v) is 5.80. The Morgan fingerprint density at radius 3 is 2.41 bits per heavy atom. The van der Waals surface area contributed by atoms with Gasteiger partial charge < -0.3 is 14.0 Å². The molecule has 1 aromatic heterocycles. The Bertz CT molecular complexity index is 1150. The monoisotopic (exact) mass is 473 g/mol. The molecule has 168 valence electrons. The quantitative estimate of drug-likeness (QED) is 0.382. The van der Waals surface area contributed by atoms with Crippen molar-refractivity contribution in [2.75, 3.05) is 7.11 Å². The summed E-state index contributed by atoms with van der Waals surface area (Å²) in [6, 6.07) is 16.4. The highest BCUT2D eigenvalue weighted by Gasteiger charge is 2.14. The van der Waals surface area contributed by atoms with Gasteiger partial charge in [0.1, 0.15) is 17.4 Å². The van der Waals surface area contributed by atoms with Crippen LogP contribution in [0, 0.1) is 0 Å². The Hall–Kier alpha value is -2.76. The van der Waals surface area contributed by atoms with Gasteiger partial charge in [0.25, 0.3) is 5.56 Å². The van der Waals surface area contributed by atoms with Crippen molar-refractivity contribution in [1.29, 1.82) is 0 Å². The van der Waals surface area contributed by atoms with Crippen LogP contribution >= 0.6 is 23.2 Å². The van der Waals surface area contributed by atoms with Gasteiger partial charge in [-0.05, 0) is 53.8 Å². The predicted molar refractivity (Wildman–Crippen MR) is 127 cm³/mol. The van der Waals surface area contributed by atoms with Crippen molar-refractivity contribution < 1.29 is 14.3 Å². The van der Waals surface area contributed by atoms with E-state index in [1.807, 2.05) is 36.4 Å². The van der Waals surface area contributed by atoms with E-state index in [4.69, 9.17) is 32.7 Å². The van der Waals surface area contributed by atoms with Gasteiger partial charge in [0.05, 0.1) is 23.4 Å². The molecule has 2 aromatic carbocycles. The molecule has 0 unspecified atom stereocenters. The molecule has 0 aliphatic carbocycles. The fourth-order valence-electron chi connectivity index (χ4n) is 3.30. The summed E-state index contributed by atoms with van der Waals surface area (Å²) in [5.41, 5.74) is 2.82. The number of benzene rings is 2. The van der Waals surface area contributed by atoms with E-state index in [9.17, 15) is 9.59 Å². The number of nitrogens with zero attached hydrogens (tertiary/aromatic N) is 1. The fourth-order valence-corrected chi connectivity index (χ4v) is 3.83. The zero-order valence-electron chi connectivity index (χ0n) is 18.2. The molecule has 0 amide bonds. The third-order valence-electron chi connectivity index (χ3n) is 5.20. The number of carbonyl (C=O) groups is 1. The molecule has 0 aliphatic heterocycles. The number of rotatable bonds is 8. The summed E-state index contributed by atoms with van der Waals surface area (Å²) in [4.78, 5) is 24.4. The van der Waals surface area contributed by atoms with E-state index >= 15 is 0 Å². The van der Waals surface area contributed by atoms with Crippen molar-refractivity contribution >= 4 is 29.2 Å². The number of esters is 1. The first-order valence-electron chi connectivity index (χ1n) is 10.3. The van der Waals surface area contributed by atoms with Crippen molar-refractivity contribution in [2.45, 2.75) is 39.3 Å². The first-order valence-corrected chi connectivity index (χ1v) is 11.0. The molecule has 0 fully saturated rings. The zero-order valence-corrected chi connectivity index (χ0v) is 19.7. The Balaban J connectivity index is 1.80. The predicted octanol–water partition coefficient (Wildman–Crippen LogP) is 5.89. The lowest BCUT2D eigenvalue weighted by Gasteiger charge is -2.17. The van der Waals surface area contributed by atoms with Gasteiger partial charge in [-0.25, -0.2) is 4.79 Å². The number of pyridine rings is 1. The van der Waals surface area contributed by atoms with E-state index in [1.165, 1.54) is 13.2 Å². The van der Waals surface area contributed by atoms with Crippen LogP contribution in [0.5, 0.6) is 5.75 Å². The summed E-state index contributed by atoms with van der Waals surface area (Å²) < 4.78 is 12.2. The van der Waals surface area contributed by atoms with Gasteiger partial charge in [-0.1, -0.05) is 61.3 Å². The molecule has 7 heteroatoms. The van der Waals surface area contributed by atoms with Gasteiger partial charge in [0.15, 0.2) is 0 Å². The van der Waals surface area contributed by atoms with E-state index in [1.54, 1.807) is 16.7 Å². The number of hydrogen-bond donors (Lipinski definition) is 0. The smallest absolute Gasteiger partial charge is 0.337 e. The first kappa shape index (κ1) is 23.9. The molecule has 0 N–H and O–H groups in total. The second kappa shape index (κ2) is 10.7. The molecule has 32 heavy (non-hydrogen) atoms. The lowest BCUT2D eigenvalue weighted by molar-refractivity contribution is 0.0600. The summed E-state index contributed by atoms with van der Waals surface area (Å²) in [7, 11) is 1.34. The van der Waals surface area contributed by atoms with Crippen molar-refractivity contribution in [3.05, 3.63) is 97.4 Å².